The molecule has 2 aromatic carbocycles. The molecule has 2 fully saturated rings. The fourth-order valence-electron chi connectivity index (χ4n) is 4.55. The Morgan fingerprint density at radius 1 is 1.17 bits per heavy atom. The molecule has 2 aliphatic rings. The zero-order valence-electron chi connectivity index (χ0n) is 20.2. The van der Waals surface area contributed by atoms with E-state index in [9.17, 15) is 14.3 Å². The Hall–Kier alpha value is -2.16. The lowest BCUT2D eigenvalue weighted by molar-refractivity contribution is -0.129. The standard InChI is InChI=1S/C27H32ClFN2O4.ClH/c28-24-7-5-22(17-25(24)29)20-9-11-30(12-10-20)18-23(32)19-35-26-4-2-1-3-21(26)6-8-27(33)31-13-15-34-16-14-31;/h1-8,17,20,23,32H,9-16,18-19H2;1H/t23-;/m0./s1. The summed E-state index contributed by atoms with van der Waals surface area (Å²) in [6, 6.07) is 12.5. The Labute approximate surface area is 223 Å². The molecule has 1 N–H and O–H groups in total. The van der Waals surface area contributed by atoms with Gasteiger partial charge in [-0.1, -0.05) is 35.9 Å². The molecule has 196 valence electrons. The highest BCUT2D eigenvalue weighted by Crippen LogP contribution is 2.30. The summed E-state index contributed by atoms with van der Waals surface area (Å²) in [6.45, 7) is 4.65. The van der Waals surface area contributed by atoms with E-state index in [-0.39, 0.29) is 35.8 Å². The molecule has 0 aliphatic carbocycles. The van der Waals surface area contributed by atoms with Crippen LogP contribution in [0.2, 0.25) is 5.02 Å². The van der Waals surface area contributed by atoms with Gasteiger partial charge < -0.3 is 24.4 Å². The topological polar surface area (TPSA) is 62.2 Å². The molecule has 2 saturated heterocycles. The number of morpholine rings is 1. The Balaban J connectivity index is 0.00000361. The molecule has 0 bridgehead atoms. The van der Waals surface area contributed by atoms with Gasteiger partial charge in [-0.2, -0.15) is 0 Å². The summed E-state index contributed by atoms with van der Waals surface area (Å²) in [5.41, 5.74) is 1.77. The van der Waals surface area contributed by atoms with Gasteiger partial charge >= 0.3 is 0 Å². The third kappa shape index (κ3) is 7.92. The molecule has 0 spiro atoms. The number of aliphatic hydroxyl groups excluding tert-OH is 1. The molecule has 4 rings (SSSR count). The molecule has 6 nitrogen and oxygen atoms in total. The number of benzene rings is 2. The van der Waals surface area contributed by atoms with Gasteiger partial charge in [0, 0.05) is 31.3 Å². The number of aliphatic hydroxyl groups is 1. The highest BCUT2D eigenvalue weighted by atomic mass is 35.5. The van der Waals surface area contributed by atoms with Gasteiger partial charge in [-0.05, 0) is 61.7 Å². The molecule has 2 heterocycles. The first-order valence-electron chi connectivity index (χ1n) is 12.1. The van der Waals surface area contributed by atoms with Crippen molar-refractivity contribution >= 4 is 36.0 Å². The Morgan fingerprint density at radius 3 is 2.61 bits per heavy atom. The number of ether oxygens (including phenoxy) is 2. The lowest BCUT2D eigenvalue weighted by Gasteiger charge is -2.33. The van der Waals surface area contributed by atoms with Crippen LogP contribution in [0.3, 0.4) is 0 Å². The van der Waals surface area contributed by atoms with Crippen molar-refractivity contribution in [3.8, 4) is 5.75 Å². The van der Waals surface area contributed by atoms with E-state index in [1.165, 1.54) is 6.07 Å². The minimum absolute atomic E-state index is 0. The number of nitrogens with zero attached hydrogens (tertiary/aromatic N) is 2. The molecule has 0 aromatic heterocycles. The van der Waals surface area contributed by atoms with E-state index in [0.717, 1.165) is 37.1 Å². The van der Waals surface area contributed by atoms with Crippen molar-refractivity contribution in [2.24, 2.45) is 0 Å². The Bertz CT molecular complexity index is 1020. The second kappa shape index (κ2) is 14.0. The maximum absolute atomic E-state index is 13.8. The number of hydrogen-bond donors (Lipinski definition) is 1. The molecule has 0 unspecified atom stereocenters. The van der Waals surface area contributed by atoms with Crippen LogP contribution in [0.15, 0.2) is 48.5 Å². The first-order chi connectivity index (χ1) is 17.0. The quantitative estimate of drug-likeness (QED) is 0.505. The van der Waals surface area contributed by atoms with Crippen molar-refractivity contribution in [1.82, 2.24) is 9.80 Å². The zero-order valence-corrected chi connectivity index (χ0v) is 21.7. The number of β-amino-alcohol motifs (C(OH)–C–C–N with tert-alkyl or cyclic N) is 1. The minimum Gasteiger partial charge on any atom is -0.490 e. The number of amides is 1. The predicted molar refractivity (Wildman–Crippen MR) is 141 cm³/mol. The number of rotatable bonds is 8. The lowest BCUT2D eigenvalue weighted by Crippen LogP contribution is -2.40. The average Bonchev–Trinajstić information content (AvgIpc) is 2.89. The van der Waals surface area contributed by atoms with Crippen molar-refractivity contribution in [1.29, 1.82) is 0 Å². The molecule has 1 amide bonds. The second-order valence-electron chi connectivity index (χ2n) is 9.02. The van der Waals surface area contributed by atoms with E-state index in [4.69, 9.17) is 21.1 Å². The van der Waals surface area contributed by atoms with E-state index in [2.05, 4.69) is 4.90 Å². The summed E-state index contributed by atoms with van der Waals surface area (Å²) < 4.78 is 25.0. The number of carbonyl (C=O) groups is 1. The van der Waals surface area contributed by atoms with Crippen molar-refractivity contribution in [2.45, 2.75) is 24.9 Å². The maximum atomic E-state index is 13.8. The molecule has 9 heteroatoms. The first-order valence-corrected chi connectivity index (χ1v) is 12.5. The van der Waals surface area contributed by atoms with Crippen LogP contribution in [0.5, 0.6) is 5.75 Å². The molecule has 0 radical (unpaired) electrons. The average molecular weight is 539 g/mol. The molecule has 1 atom stereocenters. The normalized spacial score (nSPS) is 18.1. The number of para-hydroxylation sites is 1. The van der Waals surface area contributed by atoms with Crippen molar-refractivity contribution in [3.05, 3.63) is 70.5 Å². The van der Waals surface area contributed by atoms with Crippen molar-refractivity contribution in [2.75, 3.05) is 52.5 Å². The summed E-state index contributed by atoms with van der Waals surface area (Å²) in [5.74, 6) is 0.499. The summed E-state index contributed by atoms with van der Waals surface area (Å²) in [7, 11) is 0. The number of likely N-dealkylation sites (tertiary alicyclic amines) is 1. The van der Waals surface area contributed by atoms with E-state index in [1.807, 2.05) is 30.3 Å². The van der Waals surface area contributed by atoms with Crippen LogP contribution in [-0.4, -0.2) is 79.5 Å². The highest BCUT2D eigenvalue weighted by molar-refractivity contribution is 6.30. The van der Waals surface area contributed by atoms with Gasteiger partial charge in [-0.25, -0.2) is 4.39 Å². The van der Waals surface area contributed by atoms with Crippen molar-refractivity contribution in [3.63, 3.8) is 0 Å². The van der Waals surface area contributed by atoms with E-state index >= 15 is 0 Å². The smallest absolute Gasteiger partial charge is 0.246 e. The SMILES string of the molecule is Cl.O=C(C=Cc1ccccc1OC[C@@H](O)CN1CCC(c2ccc(Cl)c(F)c2)CC1)N1CCOCC1. The van der Waals surface area contributed by atoms with E-state index in [0.29, 0.717) is 44.5 Å². The number of hydrogen-bond acceptors (Lipinski definition) is 5. The summed E-state index contributed by atoms with van der Waals surface area (Å²) in [6.07, 6.45) is 4.47. The number of piperidine rings is 1. The molecular weight excluding hydrogens is 506 g/mol. The van der Waals surface area contributed by atoms with Crippen LogP contribution < -0.4 is 4.74 Å². The van der Waals surface area contributed by atoms with E-state index in [1.54, 1.807) is 23.1 Å². The monoisotopic (exact) mass is 538 g/mol. The summed E-state index contributed by atoms with van der Waals surface area (Å²) >= 11 is 5.80. The first kappa shape index (κ1) is 28.4. The van der Waals surface area contributed by atoms with Crippen molar-refractivity contribution < 1.29 is 23.8 Å². The molecule has 36 heavy (non-hydrogen) atoms. The van der Waals surface area contributed by atoms with Crippen LogP contribution in [0, 0.1) is 5.82 Å². The highest BCUT2D eigenvalue weighted by Gasteiger charge is 2.23. The van der Waals surface area contributed by atoms with Gasteiger partial charge in [0.05, 0.1) is 18.2 Å². The third-order valence-electron chi connectivity index (χ3n) is 6.55. The van der Waals surface area contributed by atoms with Gasteiger partial charge in [0.25, 0.3) is 0 Å². The second-order valence-corrected chi connectivity index (χ2v) is 9.43. The number of carbonyl (C=O) groups excluding carboxylic acids is 1. The molecule has 2 aromatic rings. The van der Waals surface area contributed by atoms with Gasteiger partial charge in [-0.3, -0.25) is 4.79 Å². The largest absolute Gasteiger partial charge is 0.490 e. The summed E-state index contributed by atoms with van der Waals surface area (Å²) in [4.78, 5) is 16.4. The van der Waals surface area contributed by atoms with Crippen LogP contribution in [-0.2, 0) is 9.53 Å². The fraction of sp³-hybridized carbons (Fsp3) is 0.444. The third-order valence-corrected chi connectivity index (χ3v) is 6.86. The molecule has 2 aliphatic heterocycles. The van der Waals surface area contributed by atoms with Crippen LogP contribution in [0.1, 0.15) is 29.9 Å². The Kier molecular flexibility index (Phi) is 11.0. The zero-order chi connectivity index (χ0) is 24.6. The van der Waals surface area contributed by atoms with Crippen LogP contribution in [0.25, 0.3) is 6.08 Å². The van der Waals surface area contributed by atoms with Gasteiger partial charge in [-0.15, -0.1) is 12.4 Å². The van der Waals surface area contributed by atoms with Gasteiger partial charge in [0.1, 0.15) is 24.3 Å². The lowest BCUT2D eigenvalue weighted by atomic mass is 9.89. The minimum atomic E-state index is -0.647. The maximum Gasteiger partial charge on any atom is 0.246 e. The Morgan fingerprint density at radius 2 is 1.89 bits per heavy atom. The van der Waals surface area contributed by atoms with Crippen LogP contribution >= 0.6 is 24.0 Å². The fourth-order valence-corrected chi connectivity index (χ4v) is 4.67. The summed E-state index contributed by atoms with van der Waals surface area (Å²) in [5, 5.41) is 10.7. The van der Waals surface area contributed by atoms with Gasteiger partial charge in [0.2, 0.25) is 5.91 Å². The predicted octanol–water partition coefficient (Wildman–Crippen LogP) is 4.39. The van der Waals surface area contributed by atoms with E-state index < -0.39 is 6.10 Å². The molecule has 0 saturated carbocycles. The van der Waals surface area contributed by atoms with Crippen LogP contribution in [0.4, 0.5) is 4.39 Å². The number of halogens is 3. The van der Waals surface area contributed by atoms with Gasteiger partial charge in [0.15, 0.2) is 0 Å². The molecular formula is C27H33Cl2FN2O4.